The first kappa shape index (κ1) is 24.6. The number of hydrogen-bond donors (Lipinski definition) is 0. The van der Waals surface area contributed by atoms with Crippen LogP contribution in [0.15, 0.2) is 109 Å². The van der Waals surface area contributed by atoms with Crippen molar-refractivity contribution in [3.05, 3.63) is 137 Å². The van der Waals surface area contributed by atoms with Gasteiger partial charge in [-0.2, -0.15) is 0 Å². The summed E-state index contributed by atoms with van der Waals surface area (Å²) in [6.07, 6.45) is 4.73. The van der Waals surface area contributed by atoms with Gasteiger partial charge < -0.3 is 9.13 Å². The summed E-state index contributed by atoms with van der Waals surface area (Å²) >= 11 is 0. The van der Waals surface area contributed by atoms with Crippen LogP contribution in [0.1, 0.15) is 62.1 Å². The van der Waals surface area contributed by atoms with Crippen LogP contribution >= 0.6 is 0 Å². The predicted octanol–water partition coefficient (Wildman–Crippen LogP) is 10.7. The first-order valence-electron chi connectivity index (χ1n) is 16.0. The highest BCUT2D eigenvalue weighted by molar-refractivity contribution is 6.11. The van der Waals surface area contributed by atoms with Gasteiger partial charge in [-0.1, -0.05) is 101 Å². The molecule has 0 saturated heterocycles. The minimum Gasteiger partial charge on any atom is -0.309 e. The van der Waals surface area contributed by atoms with Gasteiger partial charge >= 0.3 is 0 Å². The summed E-state index contributed by atoms with van der Waals surface area (Å²) in [5.74, 6) is 0. The Bertz CT molecular complexity index is 2440. The zero-order valence-corrected chi connectivity index (χ0v) is 25.7. The van der Waals surface area contributed by atoms with Gasteiger partial charge in [0.1, 0.15) is 0 Å². The van der Waals surface area contributed by atoms with Crippen LogP contribution in [0.5, 0.6) is 0 Å². The Morgan fingerprint density at radius 2 is 1.16 bits per heavy atom. The lowest BCUT2D eigenvalue weighted by molar-refractivity contribution is 0.630. The van der Waals surface area contributed by atoms with Gasteiger partial charge in [-0.05, 0) is 88.2 Å². The van der Waals surface area contributed by atoms with Gasteiger partial charge in [0.05, 0.1) is 33.6 Å². The Labute approximate surface area is 257 Å². The van der Waals surface area contributed by atoms with Crippen molar-refractivity contribution >= 4 is 38.3 Å². The summed E-state index contributed by atoms with van der Waals surface area (Å²) < 4.78 is 5.06. The van der Waals surface area contributed by atoms with E-state index in [4.69, 9.17) is 0 Å². The van der Waals surface area contributed by atoms with Crippen molar-refractivity contribution < 1.29 is 0 Å². The maximum Gasteiger partial charge on any atom is 0.0582 e. The molecule has 0 saturated carbocycles. The molecule has 0 radical (unpaired) electrons. The molecule has 2 nitrogen and oxygen atoms in total. The van der Waals surface area contributed by atoms with E-state index in [2.05, 4.69) is 146 Å². The first-order valence-corrected chi connectivity index (χ1v) is 16.0. The minimum absolute atomic E-state index is 0.0764. The highest BCUT2D eigenvalue weighted by Gasteiger charge is 2.40. The van der Waals surface area contributed by atoms with Gasteiger partial charge in [0.15, 0.2) is 0 Å². The van der Waals surface area contributed by atoms with E-state index in [0.717, 1.165) is 12.8 Å². The Morgan fingerprint density at radius 3 is 1.91 bits per heavy atom. The van der Waals surface area contributed by atoms with E-state index < -0.39 is 0 Å². The molecular formula is C42H34N2. The maximum absolute atomic E-state index is 2.55. The Morgan fingerprint density at radius 1 is 0.545 bits per heavy atom. The highest BCUT2D eigenvalue weighted by atomic mass is 15.0. The molecule has 0 N–H and O–H groups in total. The number of allylic oxidation sites excluding steroid dienone is 2. The van der Waals surface area contributed by atoms with Crippen LogP contribution in [0.2, 0.25) is 0 Å². The Kier molecular flexibility index (Phi) is 4.48. The number of fused-ring (bicyclic) bond motifs is 10. The topological polar surface area (TPSA) is 9.86 Å². The average molecular weight is 567 g/mol. The Balaban J connectivity index is 1.20. The summed E-state index contributed by atoms with van der Waals surface area (Å²) in [5.41, 5.74) is 17.6. The second-order valence-corrected chi connectivity index (χ2v) is 14.1. The monoisotopic (exact) mass is 566 g/mol. The van der Waals surface area contributed by atoms with E-state index in [-0.39, 0.29) is 10.8 Å². The molecule has 0 atom stereocenters. The van der Waals surface area contributed by atoms with Crippen LogP contribution in [0, 0.1) is 0 Å². The van der Waals surface area contributed by atoms with Gasteiger partial charge in [0, 0.05) is 27.0 Å². The normalized spacial score (nSPS) is 17.0. The largest absolute Gasteiger partial charge is 0.309 e. The van der Waals surface area contributed by atoms with E-state index in [1.807, 2.05) is 0 Å². The fourth-order valence-corrected chi connectivity index (χ4v) is 8.99. The van der Waals surface area contributed by atoms with Crippen molar-refractivity contribution in [2.24, 2.45) is 0 Å². The van der Waals surface area contributed by atoms with Crippen molar-refractivity contribution in [1.82, 2.24) is 9.13 Å². The number of nitrogens with zero attached hydrogens (tertiary/aromatic N) is 2. The van der Waals surface area contributed by atoms with Crippen LogP contribution in [0.3, 0.4) is 0 Å². The molecule has 2 aromatic heterocycles. The fourth-order valence-electron chi connectivity index (χ4n) is 8.99. The van der Waals surface area contributed by atoms with Gasteiger partial charge in [0.2, 0.25) is 0 Å². The molecule has 0 spiro atoms. The lowest BCUT2D eigenvalue weighted by Gasteiger charge is -2.39. The quantitative estimate of drug-likeness (QED) is 0.187. The highest BCUT2D eigenvalue weighted by Crippen LogP contribution is 2.53. The van der Waals surface area contributed by atoms with E-state index in [9.17, 15) is 0 Å². The third-order valence-corrected chi connectivity index (χ3v) is 11.2. The summed E-state index contributed by atoms with van der Waals surface area (Å²) in [6.45, 7) is 9.64. The van der Waals surface area contributed by atoms with Crippen LogP contribution in [-0.4, -0.2) is 9.13 Å². The van der Waals surface area contributed by atoms with E-state index in [1.165, 1.54) is 88.7 Å². The maximum atomic E-state index is 2.55. The first-order chi connectivity index (χ1) is 21.4. The zero-order chi connectivity index (χ0) is 29.5. The molecule has 2 heteroatoms. The molecule has 0 fully saturated rings. The molecule has 5 aromatic carbocycles. The standard InChI is InChI=1S/C42H34N2/c1-41(2)31-15-9-13-29-27-11-5-7-17-35(27)43(39(29)31)37-21-19-25(23-33(37)41)26-20-22-38-34(24-26)42(3,4)32-16-10-14-30-28-12-6-8-18-36(28)44(38)40(30)32/h5-9,11-13,15-24H,10,14H2,1-4H3. The number of rotatable bonds is 1. The van der Waals surface area contributed by atoms with Crippen molar-refractivity contribution in [2.45, 2.75) is 51.4 Å². The molecule has 0 unspecified atom stereocenters. The molecule has 0 bridgehead atoms. The fraction of sp³-hybridized carbons (Fsp3) is 0.190. The number of aromatic nitrogens is 2. The third-order valence-electron chi connectivity index (χ3n) is 11.2. The van der Waals surface area contributed by atoms with Crippen molar-refractivity contribution in [3.8, 4) is 22.5 Å². The minimum atomic E-state index is -0.120. The molecule has 44 heavy (non-hydrogen) atoms. The molecule has 3 aliphatic rings. The number of benzene rings is 5. The number of aryl methyl sites for hydroxylation is 1. The van der Waals surface area contributed by atoms with Crippen LogP contribution in [0.4, 0.5) is 0 Å². The van der Waals surface area contributed by atoms with Gasteiger partial charge in [-0.15, -0.1) is 0 Å². The van der Waals surface area contributed by atoms with E-state index in [1.54, 1.807) is 0 Å². The molecule has 0 amide bonds. The summed E-state index contributed by atoms with van der Waals surface area (Å²) in [5, 5.41) is 4.07. The van der Waals surface area contributed by atoms with Gasteiger partial charge in [-0.3, -0.25) is 0 Å². The third kappa shape index (κ3) is 2.83. The molecule has 10 rings (SSSR count). The molecule has 2 aliphatic heterocycles. The molecule has 1 aliphatic carbocycles. The SMILES string of the molecule is CC1(C)C2=CCCc3c2n(c2ccccc32)-c2ccc(-c3ccc4c(c3)C(C)(C)c3cccc5c6ccccc6n-4c35)cc21. The predicted molar refractivity (Wildman–Crippen MR) is 185 cm³/mol. The number of hydrogen-bond acceptors (Lipinski definition) is 0. The van der Waals surface area contributed by atoms with Gasteiger partial charge in [-0.25, -0.2) is 0 Å². The molecule has 7 aromatic rings. The van der Waals surface area contributed by atoms with Crippen LogP contribution < -0.4 is 0 Å². The van der Waals surface area contributed by atoms with Crippen molar-refractivity contribution in [3.63, 3.8) is 0 Å². The summed E-state index contributed by atoms with van der Waals surface area (Å²) in [6, 6.07) is 39.1. The Hall–Kier alpha value is -4.82. The average Bonchev–Trinajstić information content (AvgIpc) is 3.57. The smallest absolute Gasteiger partial charge is 0.0582 e. The zero-order valence-electron chi connectivity index (χ0n) is 25.7. The van der Waals surface area contributed by atoms with Crippen molar-refractivity contribution in [2.75, 3.05) is 0 Å². The number of para-hydroxylation sites is 3. The molecule has 4 heterocycles. The second-order valence-electron chi connectivity index (χ2n) is 14.1. The summed E-state index contributed by atoms with van der Waals surface area (Å²) in [7, 11) is 0. The summed E-state index contributed by atoms with van der Waals surface area (Å²) in [4.78, 5) is 0. The molecular weight excluding hydrogens is 532 g/mol. The van der Waals surface area contributed by atoms with Crippen molar-refractivity contribution in [1.29, 1.82) is 0 Å². The van der Waals surface area contributed by atoms with Crippen LogP contribution in [-0.2, 0) is 17.3 Å². The lowest BCUT2D eigenvalue weighted by Crippen LogP contribution is -2.29. The van der Waals surface area contributed by atoms with Crippen LogP contribution in [0.25, 0.3) is 60.8 Å². The van der Waals surface area contributed by atoms with E-state index in [0.29, 0.717) is 0 Å². The molecule has 212 valence electrons. The van der Waals surface area contributed by atoms with Gasteiger partial charge in [0.25, 0.3) is 0 Å². The lowest BCUT2D eigenvalue weighted by atomic mass is 9.70. The second kappa shape index (κ2) is 8.01. The van der Waals surface area contributed by atoms with E-state index >= 15 is 0 Å².